The van der Waals surface area contributed by atoms with E-state index in [9.17, 15) is 18.1 Å². The van der Waals surface area contributed by atoms with E-state index in [-0.39, 0.29) is 24.9 Å². The van der Waals surface area contributed by atoms with Crippen LogP contribution in [0, 0.1) is 6.92 Å². The third-order valence-electron chi connectivity index (χ3n) is 4.49. The minimum atomic E-state index is -3.23. The number of hydrogen-bond acceptors (Lipinski definition) is 7. The van der Waals surface area contributed by atoms with Gasteiger partial charge in [-0.1, -0.05) is 11.5 Å². The Morgan fingerprint density at radius 1 is 1.52 bits per heavy atom. The van der Waals surface area contributed by atoms with Gasteiger partial charge >= 0.3 is 8.69 Å². The van der Waals surface area contributed by atoms with Crippen LogP contribution in [0.1, 0.15) is 17.9 Å². The minimum absolute atomic E-state index is 0.000958. The molecule has 1 aromatic carbocycles. The molecule has 2 N–H and O–H groups in total. The Balaban J connectivity index is 1.77. The van der Waals surface area contributed by atoms with Gasteiger partial charge in [0, 0.05) is 12.6 Å². The summed E-state index contributed by atoms with van der Waals surface area (Å²) in [5.41, 5.74) is 2.40. The molecule has 0 aliphatic carbocycles. The number of aromatic nitrogens is 1. The quantitative estimate of drug-likeness (QED) is 0.196. The molecule has 2 unspecified atom stereocenters. The first-order valence-corrected chi connectivity index (χ1v) is 9.86. The number of benzene rings is 1. The van der Waals surface area contributed by atoms with Crippen LogP contribution >= 0.6 is 8.69 Å². The summed E-state index contributed by atoms with van der Waals surface area (Å²) in [7, 11) is 5.24. The first kappa shape index (κ1) is 23.0. The van der Waals surface area contributed by atoms with E-state index in [1.165, 1.54) is 12.3 Å². The molecule has 3 rings (SSSR count). The molecule has 1 aliphatic rings. The van der Waals surface area contributed by atoms with Crippen molar-refractivity contribution in [3.63, 3.8) is 0 Å². The maximum absolute atomic E-state index is 14.3. The number of aryl methyl sites for hydroxylation is 1. The van der Waals surface area contributed by atoms with Gasteiger partial charge in [0.2, 0.25) is 12.3 Å². The van der Waals surface area contributed by atoms with Gasteiger partial charge in [0.15, 0.2) is 11.8 Å². The Hall–Kier alpha value is -2.69. The van der Waals surface area contributed by atoms with Crippen LogP contribution in [0.25, 0.3) is 11.1 Å². The molecular formula is C18H18BF2N4O5P. The number of halogens is 2. The van der Waals surface area contributed by atoms with Crippen LogP contribution in [0.5, 0.6) is 0 Å². The number of ether oxygens (including phenoxy) is 1. The number of alkyl halides is 2. The average Bonchev–Trinajstić information content (AvgIpc) is 3.27. The maximum atomic E-state index is 14.3. The maximum Gasteiger partial charge on any atom is 0.327 e. The molecular weight excluding hydrogens is 432 g/mol. The number of amides is 1. The van der Waals surface area contributed by atoms with E-state index >= 15 is 0 Å². The lowest BCUT2D eigenvalue weighted by Gasteiger charge is -2.20. The summed E-state index contributed by atoms with van der Waals surface area (Å²) >= 11 is 0. The monoisotopic (exact) mass is 450 g/mol. The Morgan fingerprint density at radius 3 is 3.06 bits per heavy atom. The van der Waals surface area contributed by atoms with E-state index in [1.54, 1.807) is 19.1 Å². The Labute approximate surface area is 179 Å². The summed E-state index contributed by atoms with van der Waals surface area (Å²) in [6.07, 6.45) is -0.333. The summed E-state index contributed by atoms with van der Waals surface area (Å²) in [5.74, 6) is -2.98. The van der Waals surface area contributed by atoms with Crippen molar-refractivity contribution in [1.29, 1.82) is 0 Å². The highest BCUT2D eigenvalue weighted by molar-refractivity contribution is 7.17. The zero-order valence-electron chi connectivity index (χ0n) is 16.4. The highest BCUT2D eigenvalue weighted by Gasteiger charge is 2.50. The van der Waals surface area contributed by atoms with Gasteiger partial charge in [-0.3, -0.25) is 14.3 Å². The molecule has 2 aromatic rings. The van der Waals surface area contributed by atoms with E-state index in [0.717, 1.165) is 5.56 Å². The van der Waals surface area contributed by atoms with Gasteiger partial charge in [-0.05, 0) is 24.6 Å². The number of nitrogens with zero attached hydrogens (tertiary/aromatic N) is 2. The lowest BCUT2D eigenvalue weighted by Crippen LogP contribution is -2.44. The van der Waals surface area contributed by atoms with Crippen LogP contribution in [-0.4, -0.2) is 49.9 Å². The zero-order valence-corrected chi connectivity index (χ0v) is 17.3. The number of nitrogens with one attached hydrogen (secondary N) is 2. The first-order valence-electron chi connectivity index (χ1n) is 9.13. The first-order chi connectivity index (χ1) is 14.8. The number of fused-ring (bicyclic) bond motifs is 1. The number of carbonyl (C=O) groups excluding carboxylic acids is 1. The Kier molecular flexibility index (Phi) is 7.48. The average molecular weight is 450 g/mol. The SMILES string of the molecule is [B]c1ccc2nc(CN=C(/C=C\NC=O)NC3OC(COP=O)CC3(F)F)oc2c1C. The molecule has 2 atom stereocenters. The van der Waals surface area contributed by atoms with Crippen LogP contribution < -0.4 is 16.1 Å². The molecule has 0 saturated carbocycles. The number of hydrogen-bond donors (Lipinski definition) is 2. The molecule has 162 valence electrons. The molecule has 2 radical (unpaired) electrons. The number of amidine groups is 1. The molecule has 1 saturated heterocycles. The predicted molar refractivity (Wildman–Crippen MR) is 109 cm³/mol. The fourth-order valence-corrected chi connectivity index (χ4v) is 3.18. The molecule has 1 aliphatic heterocycles. The third kappa shape index (κ3) is 5.72. The van der Waals surface area contributed by atoms with Crippen molar-refractivity contribution in [2.24, 2.45) is 4.99 Å². The molecule has 0 spiro atoms. The normalized spacial score (nSPS) is 21.2. The predicted octanol–water partition coefficient (Wildman–Crippen LogP) is 1.65. The fourth-order valence-electron chi connectivity index (χ4n) is 2.95. The van der Waals surface area contributed by atoms with Crippen LogP contribution in [0.3, 0.4) is 0 Å². The van der Waals surface area contributed by atoms with Gasteiger partial charge in [0.1, 0.15) is 25.7 Å². The molecule has 1 aromatic heterocycles. The topological polar surface area (TPSA) is 115 Å². The van der Waals surface area contributed by atoms with Gasteiger partial charge in [0.25, 0.3) is 5.92 Å². The molecule has 31 heavy (non-hydrogen) atoms. The van der Waals surface area contributed by atoms with Crippen LogP contribution in [0.2, 0.25) is 0 Å². The summed E-state index contributed by atoms with van der Waals surface area (Å²) in [5, 5.41) is 4.78. The van der Waals surface area contributed by atoms with E-state index < -0.39 is 33.4 Å². The summed E-state index contributed by atoms with van der Waals surface area (Å²) in [6, 6.07) is 3.41. The second-order valence-corrected chi connectivity index (χ2v) is 7.08. The molecule has 0 bridgehead atoms. The fraction of sp³-hybridized carbons (Fsp3) is 0.389. The lowest BCUT2D eigenvalue weighted by atomic mass is 9.91. The van der Waals surface area contributed by atoms with Gasteiger partial charge in [0.05, 0.1) is 12.7 Å². The van der Waals surface area contributed by atoms with Crippen LogP contribution in [0.4, 0.5) is 8.78 Å². The van der Waals surface area contributed by atoms with E-state index in [2.05, 4.69) is 25.1 Å². The molecule has 1 amide bonds. The zero-order chi connectivity index (χ0) is 22.4. The van der Waals surface area contributed by atoms with E-state index in [1.807, 2.05) is 0 Å². The molecule has 9 nitrogen and oxygen atoms in total. The number of rotatable bonds is 9. The summed E-state index contributed by atoms with van der Waals surface area (Å²) in [6.45, 7) is 1.48. The highest BCUT2D eigenvalue weighted by Crippen LogP contribution is 2.35. The van der Waals surface area contributed by atoms with E-state index in [4.69, 9.17) is 17.0 Å². The van der Waals surface area contributed by atoms with Gasteiger partial charge in [-0.25, -0.2) is 18.3 Å². The van der Waals surface area contributed by atoms with E-state index in [0.29, 0.717) is 23.0 Å². The van der Waals surface area contributed by atoms with Crippen molar-refractivity contribution in [2.45, 2.75) is 38.1 Å². The van der Waals surface area contributed by atoms with Crippen molar-refractivity contribution in [1.82, 2.24) is 15.6 Å². The second kappa shape index (κ2) is 10.1. The molecule has 13 heteroatoms. The van der Waals surface area contributed by atoms with Crippen molar-refractivity contribution in [3.8, 4) is 0 Å². The molecule has 2 heterocycles. The number of oxazole rings is 1. The largest absolute Gasteiger partial charge is 0.438 e. The molecule has 1 fully saturated rings. The Morgan fingerprint density at radius 2 is 2.32 bits per heavy atom. The summed E-state index contributed by atoms with van der Waals surface area (Å²) in [4.78, 5) is 19.0. The van der Waals surface area contributed by atoms with Gasteiger partial charge in [-0.15, -0.1) is 0 Å². The number of aliphatic imine (C=N–C) groups is 1. The van der Waals surface area contributed by atoms with Gasteiger partial charge in [-0.2, -0.15) is 0 Å². The Bertz CT molecular complexity index is 1020. The number of carbonyl (C=O) groups is 1. The van der Waals surface area contributed by atoms with Crippen molar-refractivity contribution < 1.29 is 31.8 Å². The standard InChI is InChI=1S/C18H18BF2N4O5P/c1-10-12(19)2-3-13-16(10)30-15(24-13)7-23-14(4-5-22-9-26)25-17-18(20,21)6-11(29-17)8-28-31-27/h2-5,9,11,17H,6-8H2,1H3,(H,22,26)(H,23,25)/b5-4-. The van der Waals surface area contributed by atoms with Crippen molar-refractivity contribution in [2.75, 3.05) is 6.61 Å². The van der Waals surface area contributed by atoms with Gasteiger partial charge < -0.3 is 19.8 Å². The van der Waals surface area contributed by atoms with Crippen LogP contribution in [0.15, 0.2) is 33.8 Å². The van der Waals surface area contributed by atoms with Crippen molar-refractivity contribution in [3.05, 3.63) is 35.9 Å². The summed E-state index contributed by atoms with van der Waals surface area (Å²) < 4.78 is 54.5. The second-order valence-electron chi connectivity index (χ2n) is 6.67. The van der Waals surface area contributed by atoms with Crippen LogP contribution in [-0.2, 0) is 25.2 Å². The lowest BCUT2D eigenvalue weighted by molar-refractivity contribution is -0.108. The van der Waals surface area contributed by atoms with Crippen molar-refractivity contribution >= 4 is 45.3 Å². The smallest absolute Gasteiger partial charge is 0.327 e. The highest BCUT2D eigenvalue weighted by atomic mass is 31.1. The third-order valence-corrected chi connectivity index (χ3v) is 4.74. The minimum Gasteiger partial charge on any atom is -0.438 e.